The van der Waals surface area contributed by atoms with Gasteiger partial charge < -0.3 is 19.4 Å². The Hall–Kier alpha value is -3.54. The maximum absolute atomic E-state index is 12.6. The van der Waals surface area contributed by atoms with Crippen LogP contribution in [0.4, 0.5) is 0 Å². The Balaban J connectivity index is 1.49. The third-order valence-corrected chi connectivity index (χ3v) is 4.48. The largest absolute Gasteiger partial charge is 0.486 e. The lowest BCUT2D eigenvalue weighted by atomic mass is 10.1. The molecular formula is C22H21N3O3. The number of hydrogen-bond donors (Lipinski definition) is 1. The summed E-state index contributed by atoms with van der Waals surface area (Å²) in [6.45, 7) is 1.64. The SMILES string of the molecule is O=C(/C=C/c1cccc2c1OCCO2)NC(Cn1ccnc1)c1ccccc1. The Kier molecular flexibility index (Phi) is 5.38. The highest BCUT2D eigenvalue weighted by Crippen LogP contribution is 2.34. The minimum absolute atomic E-state index is 0.170. The molecule has 1 N–H and O–H groups in total. The Morgan fingerprint density at radius 2 is 2.00 bits per heavy atom. The van der Waals surface area contributed by atoms with E-state index in [4.69, 9.17) is 9.47 Å². The van der Waals surface area contributed by atoms with Crippen LogP contribution < -0.4 is 14.8 Å². The molecule has 0 bridgehead atoms. The fraction of sp³-hybridized carbons (Fsp3) is 0.182. The van der Waals surface area contributed by atoms with Crippen LogP contribution in [0, 0.1) is 0 Å². The summed E-state index contributed by atoms with van der Waals surface area (Å²) < 4.78 is 13.2. The lowest BCUT2D eigenvalue weighted by Crippen LogP contribution is -2.29. The van der Waals surface area contributed by atoms with Crippen LogP contribution in [-0.2, 0) is 11.3 Å². The average Bonchev–Trinajstić information content (AvgIpc) is 3.25. The molecule has 0 fully saturated rings. The topological polar surface area (TPSA) is 65.4 Å². The first kappa shape index (κ1) is 17.9. The van der Waals surface area contributed by atoms with E-state index in [1.54, 1.807) is 18.6 Å². The fourth-order valence-corrected chi connectivity index (χ4v) is 3.14. The first-order valence-corrected chi connectivity index (χ1v) is 9.17. The highest BCUT2D eigenvalue weighted by molar-refractivity contribution is 5.92. The normalized spacial score (nSPS) is 14.0. The highest BCUT2D eigenvalue weighted by Gasteiger charge is 2.16. The van der Waals surface area contributed by atoms with Gasteiger partial charge in [0.25, 0.3) is 0 Å². The summed E-state index contributed by atoms with van der Waals surface area (Å²) in [5.41, 5.74) is 1.85. The Labute approximate surface area is 163 Å². The van der Waals surface area contributed by atoms with E-state index in [9.17, 15) is 4.79 Å². The number of rotatable bonds is 6. The van der Waals surface area contributed by atoms with E-state index in [0.29, 0.717) is 31.3 Å². The van der Waals surface area contributed by atoms with Crippen molar-refractivity contribution in [3.05, 3.63) is 84.5 Å². The van der Waals surface area contributed by atoms with E-state index >= 15 is 0 Å². The summed E-state index contributed by atoms with van der Waals surface area (Å²) >= 11 is 0. The average molecular weight is 375 g/mol. The number of nitrogens with zero attached hydrogens (tertiary/aromatic N) is 2. The van der Waals surface area contributed by atoms with Crippen LogP contribution in [-0.4, -0.2) is 28.7 Å². The van der Waals surface area contributed by atoms with Gasteiger partial charge in [-0.05, 0) is 17.7 Å². The number of aromatic nitrogens is 2. The third-order valence-electron chi connectivity index (χ3n) is 4.48. The van der Waals surface area contributed by atoms with Gasteiger partial charge in [-0.15, -0.1) is 0 Å². The van der Waals surface area contributed by atoms with Gasteiger partial charge in [0, 0.05) is 30.6 Å². The Morgan fingerprint density at radius 1 is 1.14 bits per heavy atom. The quantitative estimate of drug-likeness (QED) is 0.672. The van der Waals surface area contributed by atoms with Gasteiger partial charge in [-0.1, -0.05) is 42.5 Å². The zero-order valence-corrected chi connectivity index (χ0v) is 15.3. The Morgan fingerprint density at radius 3 is 2.82 bits per heavy atom. The number of hydrogen-bond acceptors (Lipinski definition) is 4. The molecule has 1 aliphatic rings. The molecule has 0 saturated heterocycles. The lowest BCUT2D eigenvalue weighted by molar-refractivity contribution is -0.117. The number of benzene rings is 2. The van der Waals surface area contributed by atoms with E-state index in [0.717, 1.165) is 11.1 Å². The van der Waals surface area contributed by atoms with Crippen LogP contribution in [0.3, 0.4) is 0 Å². The molecule has 0 saturated carbocycles. The summed E-state index contributed by atoms with van der Waals surface area (Å²) in [7, 11) is 0. The van der Waals surface area contributed by atoms with Gasteiger partial charge in [-0.2, -0.15) is 0 Å². The summed E-state index contributed by atoms with van der Waals surface area (Å²) in [5, 5.41) is 3.08. The molecule has 1 unspecified atom stereocenters. The molecule has 3 aromatic rings. The molecule has 0 spiro atoms. The monoisotopic (exact) mass is 375 g/mol. The van der Waals surface area contributed by atoms with E-state index in [1.165, 1.54) is 6.08 Å². The van der Waals surface area contributed by atoms with Crippen molar-refractivity contribution in [2.75, 3.05) is 13.2 Å². The van der Waals surface area contributed by atoms with Crippen molar-refractivity contribution < 1.29 is 14.3 Å². The second kappa shape index (κ2) is 8.43. The fourth-order valence-electron chi connectivity index (χ4n) is 3.14. The summed E-state index contributed by atoms with van der Waals surface area (Å²) in [6.07, 6.45) is 8.63. The third kappa shape index (κ3) is 4.23. The lowest BCUT2D eigenvalue weighted by Gasteiger charge is -2.20. The van der Waals surface area contributed by atoms with E-state index < -0.39 is 0 Å². The van der Waals surface area contributed by atoms with Gasteiger partial charge in [-0.3, -0.25) is 4.79 Å². The number of fused-ring (bicyclic) bond motifs is 1. The Bertz CT molecular complexity index is 952. The van der Waals surface area contributed by atoms with Crippen molar-refractivity contribution in [1.29, 1.82) is 0 Å². The van der Waals surface area contributed by atoms with Crippen molar-refractivity contribution in [3.8, 4) is 11.5 Å². The van der Waals surface area contributed by atoms with Gasteiger partial charge in [0.05, 0.1) is 12.4 Å². The zero-order chi connectivity index (χ0) is 19.2. The second-order valence-electron chi connectivity index (χ2n) is 6.44. The molecule has 6 heteroatoms. The molecule has 1 aliphatic heterocycles. The molecule has 2 heterocycles. The molecule has 2 aromatic carbocycles. The van der Waals surface area contributed by atoms with Crippen molar-refractivity contribution in [2.45, 2.75) is 12.6 Å². The minimum Gasteiger partial charge on any atom is -0.486 e. The first-order valence-electron chi connectivity index (χ1n) is 9.17. The van der Waals surface area contributed by atoms with E-state index in [2.05, 4.69) is 10.3 Å². The van der Waals surface area contributed by atoms with E-state index in [1.807, 2.05) is 59.3 Å². The van der Waals surface area contributed by atoms with Crippen LogP contribution in [0.25, 0.3) is 6.08 Å². The van der Waals surface area contributed by atoms with Gasteiger partial charge >= 0.3 is 0 Å². The first-order chi connectivity index (χ1) is 13.8. The van der Waals surface area contributed by atoms with Crippen molar-refractivity contribution >= 4 is 12.0 Å². The number of nitrogens with one attached hydrogen (secondary N) is 1. The predicted octanol–water partition coefficient (Wildman–Crippen LogP) is 3.23. The van der Waals surface area contributed by atoms with Crippen molar-refractivity contribution in [1.82, 2.24) is 14.9 Å². The zero-order valence-electron chi connectivity index (χ0n) is 15.3. The second-order valence-corrected chi connectivity index (χ2v) is 6.44. The predicted molar refractivity (Wildman–Crippen MR) is 106 cm³/mol. The van der Waals surface area contributed by atoms with Crippen molar-refractivity contribution in [3.63, 3.8) is 0 Å². The van der Waals surface area contributed by atoms with Gasteiger partial charge in [-0.25, -0.2) is 4.98 Å². The highest BCUT2D eigenvalue weighted by atomic mass is 16.6. The molecule has 28 heavy (non-hydrogen) atoms. The van der Waals surface area contributed by atoms with E-state index in [-0.39, 0.29) is 11.9 Å². The van der Waals surface area contributed by atoms with Gasteiger partial charge in [0.1, 0.15) is 13.2 Å². The molecule has 1 atom stereocenters. The molecule has 1 aromatic heterocycles. The maximum Gasteiger partial charge on any atom is 0.244 e. The molecule has 1 amide bonds. The number of amides is 1. The summed E-state index contributed by atoms with van der Waals surface area (Å²) in [4.78, 5) is 16.7. The number of para-hydroxylation sites is 1. The number of imidazole rings is 1. The number of carbonyl (C=O) groups excluding carboxylic acids is 1. The van der Waals surface area contributed by atoms with Gasteiger partial charge in [0.15, 0.2) is 11.5 Å². The van der Waals surface area contributed by atoms with Gasteiger partial charge in [0.2, 0.25) is 5.91 Å². The standard InChI is InChI=1S/C22H21N3O3/c26-21(10-9-18-7-4-8-20-22(18)28-14-13-27-20)24-19(15-25-12-11-23-16-25)17-5-2-1-3-6-17/h1-12,16,19H,13-15H2,(H,24,26)/b10-9+. The minimum atomic E-state index is -0.178. The van der Waals surface area contributed by atoms with Crippen molar-refractivity contribution in [2.24, 2.45) is 0 Å². The molecular weight excluding hydrogens is 354 g/mol. The smallest absolute Gasteiger partial charge is 0.244 e. The van der Waals surface area contributed by atoms with Crippen LogP contribution in [0.15, 0.2) is 73.3 Å². The summed E-state index contributed by atoms with van der Waals surface area (Å²) in [6, 6.07) is 15.4. The van der Waals surface area contributed by atoms with Crippen LogP contribution in [0.2, 0.25) is 0 Å². The van der Waals surface area contributed by atoms with Crippen LogP contribution in [0.5, 0.6) is 11.5 Å². The molecule has 142 valence electrons. The molecule has 0 radical (unpaired) electrons. The molecule has 0 aliphatic carbocycles. The number of carbonyl (C=O) groups is 1. The number of ether oxygens (including phenoxy) is 2. The molecule has 4 rings (SSSR count). The van der Waals surface area contributed by atoms with Crippen LogP contribution >= 0.6 is 0 Å². The van der Waals surface area contributed by atoms with Crippen LogP contribution in [0.1, 0.15) is 17.2 Å². The maximum atomic E-state index is 12.6. The molecule has 6 nitrogen and oxygen atoms in total. The summed E-state index contributed by atoms with van der Waals surface area (Å²) in [5.74, 6) is 1.20.